The van der Waals surface area contributed by atoms with Crippen LogP contribution in [0.2, 0.25) is 0 Å². The Labute approximate surface area is 78.3 Å². The summed E-state index contributed by atoms with van der Waals surface area (Å²) in [6.07, 6.45) is 3.53. The van der Waals surface area contributed by atoms with E-state index in [9.17, 15) is 0 Å². The maximum absolute atomic E-state index is 5.37. The highest BCUT2D eigenvalue weighted by atomic mass is 16.5. The molecule has 1 fully saturated rings. The van der Waals surface area contributed by atoms with Crippen molar-refractivity contribution in [3.8, 4) is 0 Å². The van der Waals surface area contributed by atoms with E-state index in [1.807, 2.05) is 12.3 Å². The zero-order valence-electron chi connectivity index (χ0n) is 7.90. The molecule has 1 aliphatic heterocycles. The van der Waals surface area contributed by atoms with Crippen molar-refractivity contribution in [3.63, 3.8) is 0 Å². The molecule has 2 rings (SSSR count). The Balaban J connectivity index is 1.93. The zero-order valence-corrected chi connectivity index (χ0v) is 7.90. The highest BCUT2D eigenvalue weighted by Crippen LogP contribution is 2.11. The van der Waals surface area contributed by atoms with Gasteiger partial charge in [-0.15, -0.1) is 0 Å². The Kier molecular flexibility index (Phi) is 2.66. The quantitative estimate of drug-likeness (QED) is 0.691. The van der Waals surface area contributed by atoms with Crippen LogP contribution in [0.15, 0.2) is 23.0 Å². The normalized spacial score (nSPS) is 24.8. The molecule has 0 amide bonds. The molecule has 1 aromatic rings. The lowest BCUT2D eigenvalue weighted by Crippen LogP contribution is -2.42. The molecule has 0 spiro atoms. The van der Waals surface area contributed by atoms with Crippen LogP contribution in [0, 0.1) is 0 Å². The van der Waals surface area contributed by atoms with E-state index in [1.54, 1.807) is 6.26 Å². The summed E-state index contributed by atoms with van der Waals surface area (Å²) >= 11 is 0. The number of nitrogens with zero attached hydrogens (tertiary/aromatic N) is 1. The van der Waals surface area contributed by atoms with E-state index >= 15 is 0 Å². The molecule has 72 valence electrons. The Morgan fingerprint density at radius 3 is 3.23 bits per heavy atom. The minimum absolute atomic E-state index is 0.517. The van der Waals surface area contributed by atoms with Crippen molar-refractivity contribution in [2.24, 2.45) is 0 Å². The van der Waals surface area contributed by atoms with Crippen LogP contribution in [0.25, 0.3) is 0 Å². The van der Waals surface area contributed by atoms with Crippen LogP contribution in [0.1, 0.15) is 12.5 Å². The molecule has 0 saturated carbocycles. The summed E-state index contributed by atoms with van der Waals surface area (Å²) in [5, 5.41) is 0. The van der Waals surface area contributed by atoms with Gasteiger partial charge >= 0.3 is 0 Å². The second kappa shape index (κ2) is 3.94. The van der Waals surface area contributed by atoms with E-state index in [2.05, 4.69) is 11.8 Å². The van der Waals surface area contributed by atoms with E-state index in [1.165, 1.54) is 5.56 Å². The van der Waals surface area contributed by atoms with Gasteiger partial charge in [0.05, 0.1) is 25.7 Å². The number of ether oxygens (including phenoxy) is 1. The standard InChI is InChI=1S/C10H15NO2/c1-9-7-13-5-3-11(9)6-10-2-4-12-8-10/h2,4,8-9H,3,5-7H2,1H3. The van der Waals surface area contributed by atoms with E-state index in [0.717, 1.165) is 26.3 Å². The maximum Gasteiger partial charge on any atom is 0.0947 e. The van der Waals surface area contributed by atoms with Crippen LogP contribution in [0.4, 0.5) is 0 Å². The molecular weight excluding hydrogens is 166 g/mol. The summed E-state index contributed by atoms with van der Waals surface area (Å²) in [5.41, 5.74) is 1.24. The molecule has 1 unspecified atom stereocenters. The van der Waals surface area contributed by atoms with Gasteiger partial charge in [0.1, 0.15) is 0 Å². The molecular formula is C10H15NO2. The van der Waals surface area contributed by atoms with Crippen molar-refractivity contribution in [1.82, 2.24) is 4.90 Å². The van der Waals surface area contributed by atoms with E-state index < -0.39 is 0 Å². The molecule has 3 heteroatoms. The van der Waals surface area contributed by atoms with Gasteiger partial charge in [-0.25, -0.2) is 0 Å². The highest BCUT2D eigenvalue weighted by Gasteiger charge is 2.18. The minimum atomic E-state index is 0.517. The second-order valence-corrected chi connectivity index (χ2v) is 3.53. The van der Waals surface area contributed by atoms with Crippen LogP contribution in [0.3, 0.4) is 0 Å². The Morgan fingerprint density at radius 1 is 1.62 bits per heavy atom. The third kappa shape index (κ3) is 2.11. The Morgan fingerprint density at radius 2 is 2.54 bits per heavy atom. The number of hydrogen-bond acceptors (Lipinski definition) is 3. The fraction of sp³-hybridized carbons (Fsp3) is 0.600. The van der Waals surface area contributed by atoms with E-state index in [4.69, 9.17) is 9.15 Å². The van der Waals surface area contributed by atoms with Gasteiger partial charge in [0.2, 0.25) is 0 Å². The molecule has 1 atom stereocenters. The Bertz CT molecular complexity index is 245. The molecule has 0 bridgehead atoms. The van der Waals surface area contributed by atoms with Gasteiger partial charge in [0, 0.05) is 24.7 Å². The number of furan rings is 1. The van der Waals surface area contributed by atoms with Gasteiger partial charge < -0.3 is 9.15 Å². The number of morpholine rings is 1. The fourth-order valence-electron chi connectivity index (χ4n) is 1.61. The third-order valence-corrected chi connectivity index (χ3v) is 2.47. The first-order valence-corrected chi connectivity index (χ1v) is 4.69. The van der Waals surface area contributed by atoms with Crippen LogP contribution in [-0.2, 0) is 11.3 Å². The first kappa shape index (κ1) is 8.78. The maximum atomic E-state index is 5.37. The van der Waals surface area contributed by atoms with Gasteiger partial charge in [-0.2, -0.15) is 0 Å². The monoisotopic (exact) mass is 181 g/mol. The van der Waals surface area contributed by atoms with Gasteiger partial charge in [0.25, 0.3) is 0 Å². The predicted octanol–water partition coefficient (Wildman–Crippen LogP) is 1.50. The summed E-state index contributed by atoms with van der Waals surface area (Å²) in [6.45, 7) is 5.88. The molecule has 0 aliphatic carbocycles. The molecule has 2 heterocycles. The molecule has 0 radical (unpaired) electrons. The summed E-state index contributed by atoms with van der Waals surface area (Å²) < 4.78 is 10.4. The first-order valence-electron chi connectivity index (χ1n) is 4.69. The van der Waals surface area contributed by atoms with Gasteiger partial charge in [-0.1, -0.05) is 0 Å². The van der Waals surface area contributed by atoms with Crippen molar-refractivity contribution in [2.75, 3.05) is 19.8 Å². The van der Waals surface area contributed by atoms with Crippen molar-refractivity contribution >= 4 is 0 Å². The molecule has 1 saturated heterocycles. The van der Waals surface area contributed by atoms with E-state index in [0.29, 0.717) is 6.04 Å². The molecule has 13 heavy (non-hydrogen) atoms. The topological polar surface area (TPSA) is 25.6 Å². The summed E-state index contributed by atoms with van der Waals surface area (Å²) in [5.74, 6) is 0. The predicted molar refractivity (Wildman–Crippen MR) is 49.4 cm³/mol. The zero-order chi connectivity index (χ0) is 9.10. The van der Waals surface area contributed by atoms with Crippen LogP contribution < -0.4 is 0 Å². The van der Waals surface area contributed by atoms with E-state index in [-0.39, 0.29) is 0 Å². The molecule has 1 aliphatic rings. The highest BCUT2D eigenvalue weighted by molar-refractivity contribution is 5.05. The lowest BCUT2D eigenvalue weighted by molar-refractivity contribution is -0.00443. The molecule has 0 N–H and O–H groups in total. The number of hydrogen-bond donors (Lipinski definition) is 0. The van der Waals surface area contributed by atoms with Crippen molar-refractivity contribution in [2.45, 2.75) is 19.5 Å². The van der Waals surface area contributed by atoms with Crippen LogP contribution in [0.5, 0.6) is 0 Å². The van der Waals surface area contributed by atoms with Gasteiger partial charge in [-0.05, 0) is 13.0 Å². The smallest absolute Gasteiger partial charge is 0.0947 e. The lowest BCUT2D eigenvalue weighted by Gasteiger charge is -2.32. The Hall–Kier alpha value is -0.800. The summed E-state index contributed by atoms with van der Waals surface area (Å²) in [7, 11) is 0. The minimum Gasteiger partial charge on any atom is -0.472 e. The SMILES string of the molecule is CC1COCCN1Cc1ccoc1. The largest absolute Gasteiger partial charge is 0.472 e. The van der Waals surface area contributed by atoms with Crippen LogP contribution in [-0.4, -0.2) is 30.7 Å². The molecule has 0 aromatic carbocycles. The van der Waals surface area contributed by atoms with Crippen LogP contribution >= 0.6 is 0 Å². The first-order chi connectivity index (χ1) is 6.36. The average molecular weight is 181 g/mol. The second-order valence-electron chi connectivity index (χ2n) is 3.53. The number of rotatable bonds is 2. The fourth-order valence-corrected chi connectivity index (χ4v) is 1.61. The lowest BCUT2D eigenvalue weighted by atomic mass is 10.2. The van der Waals surface area contributed by atoms with Crippen molar-refractivity contribution in [3.05, 3.63) is 24.2 Å². The van der Waals surface area contributed by atoms with Gasteiger partial charge in [0.15, 0.2) is 0 Å². The van der Waals surface area contributed by atoms with Crippen molar-refractivity contribution in [1.29, 1.82) is 0 Å². The summed E-state index contributed by atoms with van der Waals surface area (Å²) in [6, 6.07) is 2.53. The van der Waals surface area contributed by atoms with Gasteiger partial charge in [-0.3, -0.25) is 4.90 Å². The average Bonchev–Trinajstić information content (AvgIpc) is 2.61. The molecule has 3 nitrogen and oxygen atoms in total. The molecule has 1 aromatic heterocycles. The summed E-state index contributed by atoms with van der Waals surface area (Å²) in [4.78, 5) is 2.41. The third-order valence-electron chi connectivity index (χ3n) is 2.47. The van der Waals surface area contributed by atoms with Crippen molar-refractivity contribution < 1.29 is 9.15 Å².